The summed E-state index contributed by atoms with van der Waals surface area (Å²) in [5, 5.41) is 18.6. The molecule has 0 bridgehead atoms. The summed E-state index contributed by atoms with van der Waals surface area (Å²) in [6.07, 6.45) is -2.89. The van der Waals surface area contributed by atoms with Crippen LogP contribution in [0.4, 0.5) is 13.2 Å². The molecule has 0 aromatic heterocycles. The van der Waals surface area contributed by atoms with Gasteiger partial charge >= 0.3 is 0 Å². The van der Waals surface area contributed by atoms with Crippen molar-refractivity contribution in [3.8, 4) is 0 Å². The van der Waals surface area contributed by atoms with Crippen molar-refractivity contribution in [3.63, 3.8) is 0 Å². The van der Waals surface area contributed by atoms with Crippen LogP contribution in [0.25, 0.3) is 0 Å². The zero-order valence-corrected chi connectivity index (χ0v) is 9.01. The second-order valence-corrected chi connectivity index (χ2v) is 3.60. The molecule has 0 spiro atoms. The second kappa shape index (κ2) is 4.96. The maximum absolute atomic E-state index is 13.1. The molecule has 0 fully saturated rings. The largest absolute Gasteiger partial charge is 0.389 e. The van der Waals surface area contributed by atoms with Gasteiger partial charge in [-0.2, -0.15) is 0 Å². The minimum atomic E-state index is -1.60. The first-order chi connectivity index (χ1) is 6.97. The number of hydrogen-bond acceptors (Lipinski definition) is 2. The lowest BCUT2D eigenvalue weighted by Gasteiger charge is -2.16. The maximum atomic E-state index is 13.1. The van der Waals surface area contributed by atoms with Crippen molar-refractivity contribution in [1.82, 2.24) is 0 Å². The molecule has 84 valence electrons. The monoisotopic (exact) mass is 284 g/mol. The first-order valence-corrected chi connectivity index (χ1v) is 5.16. The summed E-state index contributed by atoms with van der Waals surface area (Å²) in [7, 11) is 0. The Hall–Kier alpha value is -0.590. The van der Waals surface area contributed by atoms with E-state index < -0.39 is 35.2 Å². The van der Waals surface area contributed by atoms with Gasteiger partial charge in [0.15, 0.2) is 11.6 Å². The Labute approximate surface area is 92.5 Å². The van der Waals surface area contributed by atoms with Crippen LogP contribution in [0, 0.1) is 17.5 Å². The fourth-order valence-electron chi connectivity index (χ4n) is 1.06. The SMILES string of the molecule is OC(CBr)C(O)c1cc(F)c(F)cc1F. The van der Waals surface area contributed by atoms with E-state index in [-0.39, 0.29) is 5.33 Å². The molecule has 2 N–H and O–H groups in total. The average molecular weight is 285 g/mol. The first-order valence-electron chi connectivity index (χ1n) is 4.04. The lowest BCUT2D eigenvalue weighted by atomic mass is 10.0. The Kier molecular flexibility index (Phi) is 4.12. The summed E-state index contributed by atoms with van der Waals surface area (Å²) in [6, 6.07) is 0.857. The zero-order valence-electron chi connectivity index (χ0n) is 7.42. The molecule has 0 saturated heterocycles. The Morgan fingerprint density at radius 2 is 1.60 bits per heavy atom. The van der Waals surface area contributed by atoms with Crippen LogP contribution in [-0.4, -0.2) is 21.6 Å². The molecule has 15 heavy (non-hydrogen) atoms. The van der Waals surface area contributed by atoms with Crippen LogP contribution in [-0.2, 0) is 0 Å². The smallest absolute Gasteiger partial charge is 0.161 e. The first kappa shape index (κ1) is 12.5. The van der Waals surface area contributed by atoms with Gasteiger partial charge < -0.3 is 10.2 Å². The summed E-state index contributed by atoms with van der Waals surface area (Å²) in [5.74, 6) is -3.70. The highest BCUT2D eigenvalue weighted by molar-refractivity contribution is 9.09. The molecule has 0 saturated carbocycles. The highest BCUT2D eigenvalue weighted by atomic mass is 79.9. The number of hydrogen-bond donors (Lipinski definition) is 2. The van der Waals surface area contributed by atoms with Gasteiger partial charge in [0.05, 0.1) is 6.10 Å². The predicted octanol–water partition coefficient (Wildman–Crippen LogP) is 1.89. The van der Waals surface area contributed by atoms with E-state index in [0.717, 1.165) is 0 Å². The molecule has 0 aliphatic carbocycles. The van der Waals surface area contributed by atoms with Crippen LogP contribution in [0.3, 0.4) is 0 Å². The van der Waals surface area contributed by atoms with Crippen LogP contribution in [0.5, 0.6) is 0 Å². The van der Waals surface area contributed by atoms with E-state index in [1.54, 1.807) is 0 Å². The molecule has 1 aromatic rings. The van der Waals surface area contributed by atoms with E-state index in [1.807, 2.05) is 0 Å². The fourth-order valence-corrected chi connectivity index (χ4v) is 1.41. The predicted molar refractivity (Wildman–Crippen MR) is 51.1 cm³/mol. The van der Waals surface area contributed by atoms with Gasteiger partial charge in [-0.25, -0.2) is 13.2 Å². The number of alkyl halides is 1. The van der Waals surface area contributed by atoms with Gasteiger partial charge in [0, 0.05) is 17.0 Å². The third-order valence-electron chi connectivity index (χ3n) is 1.88. The van der Waals surface area contributed by atoms with Gasteiger partial charge in [0.2, 0.25) is 0 Å². The van der Waals surface area contributed by atoms with E-state index >= 15 is 0 Å². The van der Waals surface area contributed by atoms with E-state index in [1.165, 1.54) is 0 Å². The molecule has 2 atom stereocenters. The van der Waals surface area contributed by atoms with Gasteiger partial charge in [0.25, 0.3) is 0 Å². The number of aliphatic hydroxyl groups is 2. The van der Waals surface area contributed by atoms with E-state index in [9.17, 15) is 23.4 Å². The lowest BCUT2D eigenvalue weighted by Crippen LogP contribution is -2.20. The second-order valence-electron chi connectivity index (χ2n) is 2.95. The van der Waals surface area contributed by atoms with Crippen molar-refractivity contribution in [2.75, 3.05) is 5.33 Å². The highest BCUT2D eigenvalue weighted by Crippen LogP contribution is 2.23. The summed E-state index contributed by atoms with van der Waals surface area (Å²) < 4.78 is 38.4. The minimum Gasteiger partial charge on any atom is -0.389 e. The molecule has 0 aliphatic heterocycles. The van der Waals surface area contributed by atoms with E-state index in [4.69, 9.17) is 0 Å². The quantitative estimate of drug-likeness (QED) is 0.657. The summed E-state index contributed by atoms with van der Waals surface area (Å²) in [4.78, 5) is 0. The third-order valence-corrected chi connectivity index (χ3v) is 2.54. The number of halogens is 4. The van der Waals surface area contributed by atoms with Crippen LogP contribution >= 0.6 is 15.9 Å². The van der Waals surface area contributed by atoms with Gasteiger partial charge in [-0.15, -0.1) is 0 Å². The van der Waals surface area contributed by atoms with Crippen molar-refractivity contribution < 1.29 is 23.4 Å². The molecule has 0 heterocycles. The Morgan fingerprint density at radius 3 is 2.13 bits per heavy atom. The van der Waals surface area contributed by atoms with Crippen molar-refractivity contribution in [2.24, 2.45) is 0 Å². The third kappa shape index (κ3) is 2.70. The lowest BCUT2D eigenvalue weighted by molar-refractivity contribution is 0.0317. The summed E-state index contributed by atoms with van der Waals surface area (Å²) in [5.41, 5.74) is -0.471. The van der Waals surface area contributed by atoms with Gasteiger partial charge in [-0.05, 0) is 6.07 Å². The van der Waals surface area contributed by atoms with Crippen molar-refractivity contribution in [2.45, 2.75) is 12.2 Å². The van der Waals surface area contributed by atoms with Crippen molar-refractivity contribution >= 4 is 15.9 Å². The standard InChI is InChI=1S/C9H8BrF3O2/c10-3-8(14)9(15)4-1-6(12)7(13)2-5(4)11/h1-2,8-9,14-15H,3H2. The Bertz CT molecular complexity index is 359. The zero-order chi connectivity index (χ0) is 11.6. The molecule has 6 heteroatoms. The molecule has 0 radical (unpaired) electrons. The highest BCUT2D eigenvalue weighted by Gasteiger charge is 2.22. The van der Waals surface area contributed by atoms with Crippen LogP contribution < -0.4 is 0 Å². The van der Waals surface area contributed by atoms with Crippen LogP contribution in [0.1, 0.15) is 11.7 Å². The van der Waals surface area contributed by atoms with E-state index in [0.29, 0.717) is 12.1 Å². The topological polar surface area (TPSA) is 40.5 Å². The van der Waals surface area contributed by atoms with Crippen molar-refractivity contribution in [3.05, 3.63) is 35.1 Å². The molecule has 2 nitrogen and oxygen atoms in total. The molecule has 0 aliphatic rings. The number of benzene rings is 1. The molecule has 2 unspecified atom stereocenters. The van der Waals surface area contributed by atoms with Crippen LogP contribution in [0.2, 0.25) is 0 Å². The average Bonchev–Trinajstić information content (AvgIpc) is 2.21. The van der Waals surface area contributed by atoms with E-state index in [2.05, 4.69) is 15.9 Å². The van der Waals surface area contributed by atoms with Crippen molar-refractivity contribution in [1.29, 1.82) is 0 Å². The molecule has 0 amide bonds. The Morgan fingerprint density at radius 1 is 1.07 bits per heavy atom. The van der Waals surface area contributed by atoms with Gasteiger partial charge in [0.1, 0.15) is 11.9 Å². The summed E-state index contributed by atoms with van der Waals surface area (Å²) >= 11 is 2.87. The number of rotatable bonds is 3. The molecule has 1 rings (SSSR count). The maximum Gasteiger partial charge on any atom is 0.161 e. The normalized spacial score (nSPS) is 15.1. The molecular weight excluding hydrogens is 277 g/mol. The molecule has 1 aromatic carbocycles. The fraction of sp³-hybridized carbons (Fsp3) is 0.333. The van der Waals surface area contributed by atoms with Gasteiger partial charge in [-0.3, -0.25) is 0 Å². The Balaban J connectivity index is 3.09. The molecular formula is C9H8BrF3O2. The number of aliphatic hydroxyl groups excluding tert-OH is 2. The van der Waals surface area contributed by atoms with Crippen LogP contribution in [0.15, 0.2) is 12.1 Å². The minimum absolute atomic E-state index is 0.00734. The van der Waals surface area contributed by atoms with Gasteiger partial charge in [-0.1, -0.05) is 15.9 Å². The summed E-state index contributed by atoms with van der Waals surface area (Å²) in [6.45, 7) is 0.